The summed E-state index contributed by atoms with van der Waals surface area (Å²) in [4.78, 5) is 9.68. The van der Waals surface area contributed by atoms with Crippen molar-refractivity contribution in [3.63, 3.8) is 0 Å². The van der Waals surface area contributed by atoms with Crippen LogP contribution in [0.15, 0.2) is 249 Å². The molecule has 0 unspecified atom stereocenters. The Morgan fingerprint density at radius 1 is 0.369 bits per heavy atom. The molecule has 0 radical (unpaired) electrons. The summed E-state index contributed by atoms with van der Waals surface area (Å²) in [5, 5.41) is 5.64. The molecule has 9 aromatic carbocycles. The van der Waals surface area contributed by atoms with Crippen LogP contribution in [0.1, 0.15) is 0 Å². The lowest BCUT2D eigenvalue weighted by molar-refractivity contribution is 1.27. The highest BCUT2D eigenvalue weighted by Gasteiger charge is 2.55. The maximum atomic E-state index is 4.45. The number of fused-ring (bicyclic) bond motifs is 7. The largest absolute Gasteiger partial charge is 0.312 e. The number of nitrogens with zero attached hydrogens (tertiary/aromatic N) is 3. The minimum atomic E-state index is -3.11. The van der Waals surface area contributed by atoms with E-state index >= 15 is 0 Å². The lowest BCUT2D eigenvalue weighted by atomic mass is 9.30. The van der Waals surface area contributed by atoms with E-state index in [-0.39, 0.29) is 13.4 Å². The average Bonchev–Trinajstić information content (AvgIpc) is 3.39. The first-order chi connectivity index (χ1) is 32.3. The van der Waals surface area contributed by atoms with Crippen LogP contribution < -0.4 is 63.3 Å². The number of rotatable bonds is 6. The van der Waals surface area contributed by atoms with Gasteiger partial charge in [-0.25, -0.2) is 0 Å². The van der Waals surface area contributed by atoms with Crippen molar-refractivity contribution in [1.29, 1.82) is 0 Å². The predicted octanol–water partition coefficient (Wildman–Crippen LogP) is 7.04. The van der Waals surface area contributed by atoms with Crippen LogP contribution in [0.5, 0.6) is 0 Å². The second kappa shape index (κ2) is 15.1. The van der Waals surface area contributed by atoms with E-state index < -0.39 is 8.07 Å². The molecule has 0 aliphatic carbocycles. The first-order valence-corrected chi connectivity index (χ1v) is 24.6. The molecule has 0 atom stereocenters. The Hall–Kier alpha value is -7.92. The van der Waals surface area contributed by atoms with Crippen molar-refractivity contribution in [2.24, 2.45) is 0 Å². The minimum Gasteiger partial charge on any atom is -0.312 e. The van der Waals surface area contributed by atoms with Crippen LogP contribution in [-0.2, 0) is 0 Å². The summed E-state index contributed by atoms with van der Waals surface area (Å²) in [6.45, 7) is -0.0808. The molecule has 65 heavy (non-hydrogen) atoms. The molecule has 0 fully saturated rings. The van der Waals surface area contributed by atoms with E-state index in [0.29, 0.717) is 0 Å². The van der Waals surface area contributed by atoms with Gasteiger partial charge >= 0.3 is 0 Å². The van der Waals surface area contributed by atoms with E-state index in [1.165, 1.54) is 76.3 Å². The van der Waals surface area contributed by atoms with Crippen molar-refractivity contribution in [2.45, 2.75) is 0 Å². The fourth-order valence-corrected chi connectivity index (χ4v) is 17.0. The van der Waals surface area contributed by atoms with Crippen LogP contribution in [0, 0.1) is 0 Å². The molecule has 0 N–H and O–H groups in total. The van der Waals surface area contributed by atoms with Crippen LogP contribution >= 0.6 is 0 Å². The Kier molecular flexibility index (Phi) is 8.75. The van der Waals surface area contributed by atoms with Gasteiger partial charge in [-0.05, 0) is 96.7 Å². The normalized spacial score (nSPS) is 13.8. The second-order valence-corrected chi connectivity index (χ2v) is 21.1. The Bertz CT molecular complexity index is 3370. The number of para-hydroxylation sites is 4. The SMILES string of the molecule is c1ccc(B2c3ccccc3N(c3ccccc3-c3ccncc3)c3cc4c5c(c32)N(c2ccccc2)c2ccccc2B5c2ccccc2[Si]4(c2ccccc2)c2ccccc2)cc1. The Morgan fingerprint density at radius 3 is 1.54 bits per heavy atom. The smallest absolute Gasteiger partial charge is 0.249 e. The monoisotopic (exact) mass is 841 g/mol. The third-order valence-electron chi connectivity index (χ3n) is 14.2. The third-order valence-corrected chi connectivity index (χ3v) is 19.0. The summed E-state index contributed by atoms with van der Waals surface area (Å²) >= 11 is 0. The van der Waals surface area contributed by atoms with Gasteiger partial charge < -0.3 is 9.80 Å². The summed E-state index contributed by atoms with van der Waals surface area (Å²) in [7, 11) is -3.11. The van der Waals surface area contributed by atoms with Gasteiger partial charge in [-0.2, -0.15) is 0 Å². The van der Waals surface area contributed by atoms with E-state index in [2.05, 4.69) is 251 Å². The minimum absolute atomic E-state index is 0.00291. The molecule has 0 saturated heterocycles. The second-order valence-electron chi connectivity index (χ2n) is 17.3. The highest BCUT2D eigenvalue weighted by Crippen LogP contribution is 2.45. The lowest BCUT2D eigenvalue weighted by Gasteiger charge is -2.50. The van der Waals surface area contributed by atoms with Crippen molar-refractivity contribution < 1.29 is 0 Å². The highest BCUT2D eigenvalue weighted by molar-refractivity contribution is 7.27. The van der Waals surface area contributed by atoms with Crippen LogP contribution in [0.3, 0.4) is 0 Å². The first-order valence-electron chi connectivity index (χ1n) is 22.6. The predicted molar refractivity (Wildman–Crippen MR) is 278 cm³/mol. The maximum absolute atomic E-state index is 4.45. The highest BCUT2D eigenvalue weighted by atomic mass is 28.3. The summed E-state index contributed by atoms with van der Waals surface area (Å²) in [5.41, 5.74) is 17.4. The third kappa shape index (κ3) is 5.54. The Labute approximate surface area is 382 Å². The standard InChI is InChI=1S/C59H41B2N3Si/c1-5-21-43(22-6-1)60-48-30-14-19-35-53(48)64(51-33-17-13-29-47(51)42-37-39-62-40-38-42)54-41-56-58-59(57(54)60)63(44-23-7-2-8-24-44)52-34-18-15-31-49(52)61(58)50-32-16-20-36-55(50)65(56,45-25-9-3-10-26-45)46-27-11-4-12-28-46/h1-41H. The van der Waals surface area contributed by atoms with Crippen LogP contribution in [0.2, 0.25) is 0 Å². The van der Waals surface area contributed by atoms with Crippen molar-refractivity contribution in [3.05, 3.63) is 249 Å². The number of aromatic nitrogens is 1. The molecule has 0 amide bonds. The topological polar surface area (TPSA) is 19.4 Å². The summed E-state index contributed by atoms with van der Waals surface area (Å²) in [6, 6.07) is 89.0. The van der Waals surface area contributed by atoms with E-state index in [1.807, 2.05) is 12.4 Å². The number of benzene rings is 9. The summed E-state index contributed by atoms with van der Waals surface area (Å²) < 4.78 is 0. The zero-order chi connectivity index (χ0) is 42.9. The molecule has 0 saturated carbocycles. The molecule has 13 rings (SSSR count). The fourth-order valence-electron chi connectivity index (χ4n) is 11.7. The number of anilines is 6. The fraction of sp³-hybridized carbons (Fsp3) is 0. The zero-order valence-electron chi connectivity index (χ0n) is 35.7. The molecule has 0 spiro atoms. The molecule has 3 aliphatic rings. The van der Waals surface area contributed by atoms with E-state index in [1.54, 1.807) is 0 Å². The molecule has 0 bridgehead atoms. The molecular weight excluding hydrogens is 800 g/mol. The molecule has 3 aliphatic heterocycles. The van der Waals surface area contributed by atoms with E-state index in [9.17, 15) is 0 Å². The van der Waals surface area contributed by atoms with Crippen LogP contribution in [0.25, 0.3) is 11.1 Å². The van der Waals surface area contributed by atoms with E-state index in [4.69, 9.17) is 0 Å². The molecule has 6 heteroatoms. The van der Waals surface area contributed by atoms with Crippen molar-refractivity contribution in [3.8, 4) is 11.1 Å². The zero-order valence-corrected chi connectivity index (χ0v) is 36.7. The summed E-state index contributed by atoms with van der Waals surface area (Å²) in [5.74, 6) is 0. The lowest BCUT2D eigenvalue weighted by Crippen LogP contribution is -2.88. The van der Waals surface area contributed by atoms with Gasteiger partial charge in [0.05, 0.1) is 5.69 Å². The number of hydrogen-bond donors (Lipinski definition) is 0. The van der Waals surface area contributed by atoms with Crippen molar-refractivity contribution >= 4 is 109 Å². The quantitative estimate of drug-likeness (QED) is 0.168. The summed E-state index contributed by atoms with van der Waals surface area (Å²) in [6.07, 6.45) is 3.81. The molecule has 4 heterocycles. The number of pyridine rings is 1. The van der Waals surface area contributed by atoms with Gasteiger partial charge in [0.2, 0.25) is 13.4 Å². The van der Waals surface area contributed by atoms with Gasteiger partial charge in [0.25, 0.3) is 0 Å². The Balaban J connectivity index is 1.28. The average molecular weight is 842 g/mol. The Morgan fingerprint density at radius 2 is 0.877 bits per heavy atom. The molecular formula is C59H41B2N3Si. The van der Waals surface area contributed by atoms with Gasteiger partial charge in [0, 0.05) is 46.4 Å². The molecule has 302 valence electrons. The maximum Gasteiger partial charge on any atom is 0.249 e. The van der Waals surface area contributed by atoms with Gasteiger partial charge in [0.15, 0.2) is 8.07 Å². The van der Waals surface area contributed by atoms with Gasteiger partial charge in [0.1, 0.15) is 0 Å². The molecule has 1 aromatic heterocycles. The van der Waals surface area contributed by atoms with E-state index in [0.717, 1.165) is 22.5 Å². The molecule has 10 aromatic rings. The molecule has 3 nitrogen and oxygen atoms in total. The van der Waals surface area contributed by atoms with Gasteiger partial charge in [-0.15, -0.1) is 0 Å². The number of hydrogen-bond acceptors (Lipinski definition) is 3. The van der Waals surface area contributed by atoms with Crippen LogP contribution in [0.4, 0.5) is 34.1 Å². The van der Waals surface area contributed by atoms with Gasteiger partial charge in [-0.3, -0.25) is 4.98 Å². The van der Waals surface area contributed by atoms with Crippen molar-refractivity contribution in [1.82, 2.24) is 4.98 Å². The van der Waals surface area contributed by atoms with Crippen molar-refractivity contribution in [2.75, 3.05) is 9.80 Å². The van der Waals surface area contributed by atoms with Gasteiger partial charge in [-0.1, -0.05) is 199 Å². The first kappa shape index (κ1) is 37.6. The van der Waals surface area contributed by atoms with Crippen LogP contribution in [-0.4, -0.2) is 26.5 Å².